The Bertz CT molecular complexity index is 463. The van der Waals surface area contributed by atoms with Crippen LogP contribution >= 0.6 is 11.6 Å². The van der Waals surface area contributed by atoms with E-state index < -0.39 is 5.97 Å². The van der Waals surface area contributed by atoms with Crippen LogP contribution in [0, 0.1) is 0 Å². The highest BCUT2D eigenvalue weighted by atomic mass is 35.5. The van der Waals surface area contributed by atoms with Crippen molar-refractivity contribution in [2.45, 2.75) is 26.8 Å². The second-order valence-corrected chi connectivity index (χ2v) is 4.59. The van der Waals surface area contributed by atoms with Crippen molar-refractivity contribution in [2.75, 3.05) is 13.2 Å². The number of esters is 1. The fraction of sp³-hybridized carbons (Fsp3) is 0.462. The maximum absolute atomic E-state index is 12.3. The minimum Gasteiger partial charge on any atom is -0.465 e. The number of nitrogens with zero attached hydrogens (tertiary/aromatic N) is 2. The van der Waals surface area contributed by atoms with Crippen LogP contribution in [0.5, 0.6) is 0 Å². The van der Waals surface area contributed by atoms with Crippen LogP contribution in [0.4, 0.5) is 0 Å². The molecule has 0 radical (unpaired) electrons. The zero-order valence-electron chi connectivity index (χ0n) is 11.2. The van der Waals surface area contributed by atoms with Gasteiger partial charge in [-0.3, -0.25) is 14.6 Å². The molecule has 0 saturated carbocycles. The lowest BCUT2D eigenvalue weighted by Crippen LogP contribution is -2.41. The Hall–Kier alpha value is -1.62. The van der Waals surface area contributed by atoms with Crippen LogP contribution in [0.1, 0.15) is 31.1 Å². The summed E-state index contributed by atoms with van der Waals surface area (Å²) in [6.45, 7) is 5.54. The summed E-state index contributed by atoms with van der Waals surface area (Å²) >= 11 is 5.96. The number of pyridine rings is 1. The highest BCUT2D eigenvalue weighted by Crippen LogP contribution is 2.17. The molecule has 0 N–H and O–H groups in total. The Morgan fingerprint density at radius 3 is 2.68 bits per heavy atom. The van der Waals surface area contributed by atoms with Crippen LogP contribution in [0.15, 0.2) is 18.5 Å². The van der Waals surface area contributed by atoms with E-state index in [2.05, 4.69) is 4.98 Å². The Labute approximate surface area is 117 Å². The smallest absolute Gasteiger partial charge is 0.325 e. The van der Waals surface area contributed by atoms with Crippen molar-refractivity contribution in [2.24, 2.45) is 0 Å². The third-order valence-electron chi connectivity index (χ3n) is 2.49. The van der Waals surface area contributed by atoms with Crippen molar-refractivity contribution >= 4 is 23.5 Å². The molecule has 0 aliphatic rings. The normalized spacial score (nSPS) is 10.4. The van der Waals surface area contributed by atoms with Gasteiger partial charge in [-0.05, 0) is 26.8 Å². The number of amides is 1. The molecule has 1 amide bonds. The molecule has 0 bridgehead atoms. The first kappa shape index (κ1) is 15.4. The summed E-state index contributed by atoms with van der Waals surface area (Å²) in [7, 11) is 0. The summed E-state index contributed by atoms with van der Waals surface area (Å²) in [6.07, 6.45) is 2.90. The van der Waals surface area contributed by atoms with E-state index in [0.717, 1.165) is 0 Å². The predicted octanol–water partition coefficient (Wildman–Crippen LogP) is 2.15. The van der Waals surface area contributed by atoms with Gasteiger partial charge in [0.25, 0.3) is 5.91 Å². The van der Waals surface area contributed by atoms with Crippen LogP contribution in [0.25, 0.3) is 0 Å². The molecule has 5 nitrogen and oxygen atoms in total. The zero-order chi connectivity index (χ0) is 14.4. The quantitative estimate of drug-likeness (QED) is 0.777. The molecule has 0 aromatic carbocycles. The topological polar surface area (TPSA) is 59.5 Å². The molecule has 0 unspecified atom stereocenters. The first-order valence-corrected chi connectivity index (χ1v) is 6.41. The minimum absolute atomic E-state index is 0.102. The lowest BCUT2D eigenvalue weighted by atomic mass is 10.2. The summed E-state index contributed by atoms with van der Waals surface area (Å²) in [6, 6.07) is 1.39. The average Bonchev–Trinajstić information content (AvgIpc) is 2.36. The number of carbonyl (C=O) groups is 2. The molecular weight excluding hydrogens is 268 g/mol. The summed E-state index contributed by atoms with van der Waals surface area (Å²) < 4.78 is 4.86. The van der Waals surface area contributed by atoms with Crippen molar-refractivity contribution in [1.82, 2.24) is 9.88 Å². The van der Waals surface area contributed by atoms with Gasteiger partial charge in [-0.15, -0.1) is 0 Å². The molecule has 0 fully saturated rings. The molecule has 0 aliphatic carbocycles. The highest BCUT2D eigenvalue weighted by Gasteiger charge is 2.23. The van der Waals surface area contributed by atoms with Gasteiger partial charge in [-0.1, -0.05) is 11.6 Å². The number of carbonyl (C=O) groups excluding carboxylic acids is 2. The summed E-state index contributed by atoms with van der Waals surface area (Å²) in [5.41, 5.74) is 0.280. The van der Waals surface area contributed by atoms with E-state index >= 15 is 0 Å². The second-order valence-electron chi connectivity index (χ2n) is 4.19. The molecule has 0 atom stereocenters. The molecule has 19 heavy (non-hydrogen) atoms. The van der Waals surface area contributed by atoms with E-state index in [4.69, 9.17) is 16.3 Å². The van der Waals surface area contributed by atoms with Gasteiger partial charge in [-0.2, -0.15) is 0 Å². The number of ether oxygens (including phenoxy) is 1. The Morgan fingerprint density at radius 1 is 1.47 bits per heavy atom. The molecule has 1 aromatic rings. The lowest BCUT2D eigenvalue weighted by Gasteiger charge is -2.25. The van der Waals surface area contributed by atoms with Gasteiger partial charge in [-0.25, -0.2) is 0 Å². The number of rotatable bonds is 5. The van der Waals surface area contributed by atoms with E-state index in [1.807, 2.05) is 13.8 Å². The van der Waals surface area contributed by atoms with Crippen LogP contribution in [0.3, 0.4) is 0 Å². The molecule has 1 aromatic heterocycles. The molecule has 6 heteroatoms. The largest absolute Gasteiger partial charge is 0.465 e. The first-order chi connectivity index (χ1) is 8.97. The van der Waals surface area contributed by atoms with Crippen molar-refractivity contribution in [1.29, 1.82) is 0 Å². The van der Waals surface area contributed by atoms with Gasteiger partial charge >= 0.3 is 5.97 Å². The molecule has 1 rings (SSSR count). The Morgan fingerprint density at radius 2 is 2.16 bits per heavy atom. The van der Waals surface area contributed by atoms with E-state index in [-0.39, 0.29) is 30.7 Å². The van der Waals surface area contributed by atoms with E-state index in [9.17, 15) is 9.59 Å². The first-order valence-electron chi connectivity index (χ1n) is 6.03. The zero-order valence-corrected chi connectivity index (χ0v) is 12.0. The number of hydrogen-bond donors (Lipinski definition) is 0. The molecular formula is C13H17ClN2O3. The average molecular weight is 285 g/mol. The Balaban J connectivity index is 2.91. The fourth-order valence-corrected chi connectivity index (χ4v) is 1.71. The standard InChI is InChI=1S/C13H17ClN2O3/c1-4-19-12(17)8-16(9(2)3)13(18)10-7-15-6-5-11(10)14/h5-7,9H,4,8H2,1-3H3. The van der Waals surface area contributed by atoms with E-state index in [1.165, 1.54) is 23.4 Å². The maximum Gasteiger partial charge on any atom is 0.325 e. The van der Waals surface area contributed by atoms with Crippen molar-refractivity contribution in [3.8, 4) is 0 Å². The van der Waals surface area contributed by atoms with Gasteiger partial charge in [0.2, 0.25) is 0 Å². The molecule has 0 spiro atoms. The van der Waals surface area contributed by atoms with Gasteiger partial charge in [0.1, 0.15) is 6.54 Å². The summed E-state index contributed by atoms with van der Waals surface area (Å²) in [5.74, 6) is -0.772. The van der Waals surface area contributed by atoms with Crippen molar-refractivity contribution in [3.63, 3.8) is 0 Å². The second kappa shape index (κ2) is 7.09. The third kappa shape index (κ3) is 4.21. The lowest BCUT2D eigenvalue weighted by molar-refractivity contribution is -0.144. The van der Waals surface area contributed by atoms with Crippen molar-refractivity contribution < 1.29 is 14.3 Å². The molecule has 0 aliphatic heterocycles. The van der Waals surface area contributed by atoms with Gasteiger partial charge in [0, 0.05) is 18.4 Å². The summed E-state index contributed by atoms with van der Waals surface area (Å²) in [5, 5.41) is 0.314. The fourth-order valence-electron chi connectivity index (χ4n) is 1.52. The minimum atomic E-state index is -0.440. The Kier molecular flexibility index (Phi) is 5.76. The van der Waals surface area contributed by atoms with Crippen molar-refractivity contribution in [3.05, 3.63) is 29.0 Å². The molecule has 104 valence electrons. The monoisotopic (exact) mass is 284 g/mol. The van der Waals surface area contributed by atoms with E-state index in [1.54, 1.807) is 6.92 Å². The maximum atomic E-state index is 12.3. The van der Waals surface area contributed by atoms with Crippen LogP contribution in [-0.2, 0) is 9.53 Å². The van der Waals surface area contributed by atoms with Gasteiger partial charge < -0.3 is 9.64 Å². The molecule has 1 heterocycles. The van der Waals surface area contributed by atoms with Gasteiger partial charge in [0.05, 0.1) is 17.2 Å². The third-order valence-corrected chi connectivity index (χ3v) is 2.82. The number of halogens is 1. The highest BCUT2D eigenvalue weighted by molar-refractivity contribution is 6.33. The van der Waals surface area contributed by atoms with E-state index in [0.29, 0.717) is 5.02 Å². The van der Waals surface area contributed by atoms with Gasteiger partial charge in [0.15, 0.2) is 0 Å². The number of aromatic nitrogens is 1. The predicted molar refractivity (Wildman–Crippen MR) is 72.1 cm³/mol. The SMILES string of the molecule is CCOC(=O)CN(C(=O)c1cnccc1Cl)C(C)C. The summed E-state index contributed by atoms with van der Waals surface area (Å²) in [4.78, 5) is 29.1. The van der Waals surface area contributed by atoms with Crippen LogP contribution < -0.4 is 0 Å². The van der Waals surface area contributed by atoms with Crippen LogP contribution in [-0.4, -0.2) is 41.0 Å². The van der Waals surface area contributed by atoms with Crippen LogP contribution in [0.2, 0.25) is 5.02 Å². The molecule has 0 saturated heterocycles. The number of hydrogen-bond acceptors (Lipinski definition) is 4.